The van der Waals surface area contributed by atoms with E-state index in [0.29, 0.717) is 12.4 Å². The zero-order valence-corrected chi connectivity index (χ0v) is 12.2. The van der Waals surface area contributed by atoms with E-state index in [9.17, 15) is 9.90 Å². The Labute approximate surface area is 123 Å². The van der Waals surface area contributed by atoms with Gasteiger partial charge in [0.15, 0.2) is 5.82 Å². The van der Waals surface area contributed by atoms with Crippen LogP contribution in [-0.2, 0) is 11.3 Å². The summed E-state index contributed by atoms with van der Waals surface area (Å²) in [6.07, 6.45) is 1.35. The minimum absolute atomic E-state index is 0.0857. The molecule has 1 atom stereocenters. The molecular weight excluding hydrogens is 266 g/mol. The molecule has 0 radical (unpaired) electrons. The number of benzene rings is 1. The van der Waals surface area contributed by atoms with E-state index in [1.165, 1.54) is 0 Å². The third kappa shape index (κ3) is 2.45. The summed E-state index contributed by atoms with van der Waals surface area (Å²) in [5, 5.41) is 14.5. The second-order valence-corrected chi connectivity index (χ2v) is 5.96. The van der Waals surface area contributed by atoms with Crippen LogP contribution in [0.15, 0.2) is 42.6 Å². The summed E-state index contributed by atoms with van der Waals surface area (Å²) in [4.78, 5) is 13.7. The summed E-state index contributed by atoms with van der Waals surface area (Å²) < 4.78 is 1.80. The van der Waals surface area contributed by atoms with Crippen LogP contribution in [0.5, 0.6) is 0 Å². The van der Waals surface area contributed by atoms with Crippen LogP contribution in [0.25, 0.3) is 0 Å². The first-order valence-electron chi connectivity index (χ1n) is 7.07. The van der Waals surface area contributed by atoms with Gasteiger partial charge in [0.2, 0.25) is 5.91 Å². The highest BCUT2D eigenvalue weighted by Crippen LogP contribution is 2.33. The lowest BCUT2D eigenvalue weighted by Gasteiger charge is -2.31. The van der Waals surface area contributed by atoms with Gasteiger partial charge in [-0.15, -0.1) is 0 Å². The summed E-state index contributed by atoms with van der Waals surface area (Å²) in [7, 11) is 0. The maximum atomic E-state index is 12.1. The maximum Gasteiger partial charge on any atom is 0.231 e. The molecule has 5 nitrogen and oxygen atoms in total. The molecule has 21 heavy (non-hydrogen) atoms. The van der Waals surface area contributed by atoms with E-state index >= 15 is 0 Å². The zero-order valence-electron chi connectivity index (χ0n) is 12.2. The minimum atomic E-state index is -0.663. The predicted octanol–water partition coefficient (Wildman–Crippen LogP) is 1.81. The molecule has 110 valence electrons. The molecule has 1 aliphatic heterocycles. The van der Waals surface area contributed by atoms with E-state index in [0.717, 1.165) is 5.56 Å². The molecular formula is C16H19N3O2. The van der Waals surface area contributed by atoms with E-state index in [-0.39, 0.29) is 12.3 Å². The Bertz CT molecular complexity index is 649. The Kier molecular flexibility index (Phi) is 3.29. The molecule has 1 fully saturated rings. The molecule has 0 spiro atoms. The standard InChI is InChI=1S/C16H19N3O2/c1-16(2)13(20)10-15(21)19(16)14-8-9-18(17-14)11-12-6-4-3-5-7-12/h3-9,13,20H,10-11H2,1-2H3. The van der Waals surface area contributed by atoms with Crippen molar-refractivity contribution in [3.8, 4) is 0 Å². The Morgan fingerprint density at radius 1 is 1.29 bits per heavy atom. The molecule has 3 rings (SSSR count). The molecule has 0 aliphatic carbocycles. The zero-order chi connectivity index (χ0) is 15.0. The summed E-state index contributed by atoms with van der Waals surface area (Å²) in [6.45, 7) is 4.38. The Morgan fingerprint density at radius 2 is 2.00 bits per heavy atom. The second kappa shape index (κ2) is 5.00. The highest BCUT2D eigenvalue weighted by molar-refractivity contribution is 5.97. The van der Waals surface area contributed by atoms with E-state index in [4.69, 9.17) is 0 Å². The van der Waals surface area contributed by atoms with Crippen LogP contribution in [0.2, 0.25) is 0 Å². The number of hydrogen-bond acceptors (Lipinski definition) is 3. The van der Waals surface area contributed by atoms with Gasteiger partial charge in [-0.2, -0.15) is 5.10 Å². The molecule has 0 saturated carbocycles. The van der Waals surface area contributed by atoms with Gasteiger partial charge in [-0.05, 0) is 19.4 Å². The molecule has 1 saturated heterocycles. The van der Waals surface area contributed by atoms with Gasteiger partial charge in [0.25, 0.3) is 0 Å². The maximum absolute atomic E-state index is 12.1. The number of anilines is 1. The first kappa shape index (κ1) is 13.8. The molecule has 0 bridgehead atoms. The molecule has 1 N–H and O–H groups in total. The molecule has 5 heteroatoms. The first-order valence-corrected chi connectivity index (χ1v) is 7.07. The number of carbonyl (C=O) groups is 1. The summed E-state index contributed by atoms with van der Waals surface area (Å²) in [5.41, 5.74) is 0.530. The number of amides is 1. The monoisotopic (exact) mass is 285 g/mol. The van der Waals surface area contributed by atoms with Gasteiger partial charge in [-0.1, -0.05) is 30.3 Å². The summed E-state index contributed by atoms with van der Waals surface area (Å²) in [6, 6.07) is 11.9. The van der Waals surface area contributed by atoms with Crippen molar-refractivity contribution < 1.29 is 9.90 Å². The fourth-order valence-electron chi connectivity index (χ4n) is 2.73. The van der Waals surface area contributed by atoms with E-state index in [1.807, 2.05) is 56.4 Å². The first-order chi connectivity index (χ1) is 9.98. The molecule has 1 aromatic heterocycles. The van der Waals surface area contributed by atoms with Gasteiger partial charge in [-0.3, -0.25) is 14.4 Å². The molecule has 1 amide bonds. The number of carbonyl (C=O) groups excluding carboxylic acids is 1. The van der Waals surface area contributed by atoms with Crippen LogP contribution in [0.1, 0.15) is 25.8 Å². The van der Waals surface area contributed by atoms with Crippen molar-refractivity contribution in [2.45, 2.75) is 38.5 Å². The van der Waals surface area contributed by atoms with Crippen molar-refractivity contribution in [2.75, 3.05) is 4.90 Å². The van der Waals surface area contributed by atoms with Gasteiger partial charge in [0, 0.05) is 12.3 Å². The van der Waals surface area contributed by atoms with Gasteiger partial charge >= 0.3 is 0 Å². The van der Waals surface area contributed by atoms with Crippen molar-refractivity contribution in [2.24, 2.45) is 0 Å². The molecule has 2 heterocycles. The summed E-state index contributed by atoms with van der Waals surface area (Å²) >= 11 is 0. The average Bonchev–Trinajstić information content (AvgIpc) is 2.94. The Hall–Kier alpha value is -2.14. The second-order valence-electron chi connectivity index (χ2n) is 5.96. The lowest BCUT2D eigenvalue weighted by molar-refractivity contribution is -0.117. The molecule has 1 unspecified atom stereocenters. The van der Waals surface area contributed by atoms with E-state index in [2.05, 4.69) is 5.10 Å². The smallest absolute Gasteiger partial charge is 0.231 e. The van der Waals surface area contributed by atoms with Crippen molar-refractivity contribution in [1.29, 1.82) is 0 Å². The average molecular weight is 285 g/mol. The minimum Gasteiger partial charge on any atom is -0.390 e. The Morgan fingerprint density at radius 3 is 2.62 bits per heavy atom. The molecule has 1 aromatic carbocycles. The predicted molar refractivity (Wildman–Crippen MR) is 80.0 cm³/mol. The third-order valence-electron chi connectivity index (χ3n) is 4.05. The normalized spacial score (nSPS) is 21.0. The van der Waals surface area contributed by atoms with Crippen molar-refractivity contribution in [1.82, 2.24) is 9.78 Å². The topological polar surface area (TPSA) is 58.4 Å². The highest BCUT2D eigenvalue weighted by atomic mass is 16.3. The molecule has 1 aliphatic rings. The fraction of sp³-hybridized carbons (Fsp3) is 0.375. The van der Waals surface area contributed by atoms with Crippen molar-refractivity contribution >= 4 is 11.7 Å². The lowest BCUT2D eigenvalue weighted by Crippen LogP contribution is -2.46. The SMILES string of the molecule is CC1(C)C(O)CC(=O)N1c1ccn(Cc2ccccc2)n1. The van der Waals surface area contributed by atoms with Gasteiger partial charge < -0.3 is 5.11 Å². The number of aromatic nitrogens is 2. The summed E-state index contributed by atoms with van der Waals surface area (Å²) in [5.74, 6) is 0.509. The number of rotatable bonds is 3. The van der Waals surface area contributed by atoms with Gasteiger partial charge in [0.1, 0.15) is 0 Å². The van der Waals surface area contributed by atoms with Gasteiger partial charge in [-0.25, -0.2) is 0 Å². The lowest BCUT2D eigenvalue weighted by atomic mass is 9.99. The Balaban J connectivity index is 1.84. The largest absolute Gasteiger partial charge is 0.390 e. The van der Waals surface area contributed by atoms with Crippen LogP contribution < -0.4 is 4.90 Å². The van der Waals surface area contributed by atoms with Crippen LogP contribution in [0, 0.1) is 0 Å². The quantitative estimate of drug-likeness (QED) is 0.935. The highest BCUT2D eigenvalue weighted by Gasteiger charge is 2.47. The number of aliphatic hydroxyl groups is 1. The number of hydrogen-bond donors (Lipinski definition) is 1. The van der Waals surface area contributed by atoms with Crippen LogP contribution in [0.3, 0.4) is 0 Å². The van der Waals surface area contributed by atoms with Crippen molar-refractivity contribution in [3.05, 3.63) is 48.2 Å². The van der Waals surface area contributed by atoms with Crippen LogP contribution in [0.4, 0.5) is 5.82 Å². The van der Waals surface area contributed by atoms with Crippen molar-refractivity contribution in [3.63, 3.8) is 0 Å². The van der Waals surface area contributed by atoms with E-state index < -0.39 is 11.6 Å². The number of nitrogens with zero attached hydrogens (tertiary/aromatic N) is 3. The van der Waals surface area contributed by atoms with Crippen LogP contribution >= 0.6 is 0 Å². The fourth-order valence-corrected chi connectivity index (χ4v) is 2.73. The number of aliphatic hydroxyl groups excluding tert-OH is 1. The molecule has 2 aromatic rings. The van der Waals surface area contributed by atoms with E-state index in [1.54, 1.807) is 9.58 Å². The third-order valence-corrected chi connectivity index (χ3v) is 4.05. The van der Waals surface area contributed by atoms with Crippen LogP contribution in [-0.4, -0.2) is 32.4 Å². The van der Waals surface area contributed by atoms with Gasteiger partial charge in [0.05, 0.1) is 24.6 Å².